The third-order valence-corrected chi connectivity index (χ3v) is 7.17. The summed E-state index contributed by atoms with van der Waals surface area (Å²) >= 11 is 7.46. The normalized spacial score (nSPS) is 13.8. The lowest BCUT2D eigenvalue weighted by atomic mass is 10.2. The van der Waals surface area contributed by atoms with Gasteiger partial charge in [0.15, 0.2) is 0 Å². The molecule has 164 valence electrons. The average molecular weight is 466 g/mol. The van der Waals surface area contributed by atoms with Crippen LogP contribution in [0.5, 0.6) is 0 Å². The minimum Gasteiger partial charge on any atom is -0.357 e. The van der Waals surface area contributed by atoms with E-state index in [0.29, 0.717) is 23.0 Å². The highest BCUT2D eigenvalue weighted by molar-refractivity contribution is 7.20. The Bertz CT molecular complexity index is 1240. The number of thiophene rings is 1. The van der Waals surface area contributed by atoms with E-state index in [0.717, 1.165) is 45.9 Å². The monoisotopic (exact) mass is 465 g/mol. The zero-order valence-corrected chi connectivity index (χ0v) is 19.4. The molecule has 1 saturated heterocycles. The van der Waals surface area contributed by atoms with Crippen LogP contribution in [0.25, 0.3) is 10.2 Å². The number of fused-ring (bicyclic) bond motifs is 1. The number of amides is 1. The highest BCUT2D eigenvalue weighted by Crippen LogP contribution is 2.29. The SMILES string of the molecule is Cc1nn(Cc2ccc(Cl)cc2)c2sc(C(=O)NCc3ccc(N4CCCC4)nc3)cc12. The molecule has 1 aliphatic rings. The maximum atomic E-state index is 12.8. The van der Waals surface area contributed by atoms with Crippen molar-refractivity contribution in [3.63, 3.8) is 0 Å². The van der Waals surface area contributed by atoms with Crippen molar-refractivity contribution in [2.24, 2.45) is 0 Å². The molecule has 0 bridgehead atoms. The van der Waals surface area contributed by atoms with E-state index in [1.165, 1.54) is 24.2 Å². The van der Waals surface area contributed by atoms with Gasteiger partial charge in [-0.2, -0.15) is 5.10 Å². The van der Waals surface area contributed by atoms with E-state index in [1.807, 2.05) is 60.3 Å². The van der Waals surface area contributed by atoms with Crippen molar-refractivity contribution >= 4 is 44.9 Å². The summed E-state index contributed by atoms with van der Waals surface area (Å²) in [5, 5.41) is 9.41. The molecule has 3 aromatic heterocycles. The fourth-order valence-corrected chi connectivity index (χ4v) is 5.22. The van der Waals surface area contributed by atoms with Crippen LogP contribution < -0.4 is 10.2 Å². The average Bonchev–Trinajstić information content (AvgIpc) is 3.54. The maximum Gasteiger partial charge on any atom is 0.261 e. The maximum absolute atomic E-state index is 12.8. The summed E-state index contributed by atoms with van der Waals surface area (Å²) in [4.78, 5) is 21.4. The third kappa shape index (κ3) is 4.36. The molecule has 1 aromatic carbocycles. The minimum absolute atomic E-state index is 0.0766. The Morgan fingerprint density at radius 3 is 2.59 bits per heavy atom. The van der Waals surface area contributed by atoms with Gasteiger partial charge in [-0.1, -0.05) is 29.8 Å². The first-order valence-electron chi connectivity index (χ1n) is 10.8. The minimum atomic E-state index is -0.0766. The number of carbonyl (C=O) groups excluding carboxylic acids is 1. The lowest BCUT2D eigenvalue weighted by molar-refractivity contribution is 0.0955. The molecule has 0 saturated carbocycles. The smallest absolute Gasteiger partial charge is 0.261 e. The first kappa shape index (κ1) is 21.0. The van der Waals surface area contributed by atoms with E-state index < -0.39 is 0 Å². The van der Waals surface area contributed by atoms with E-state index in [1.54, 1.807) is 0 Å². The van der Waals surface area contributed by atoms with Crippen LogP contribution in [0.4, 0.5) is 5.82 Å². The van der Waals surface area contributed by atoms with Gasteiger partial charge in [-0.05, 0) is 55.2 Å². The van der Waals surface area contributed by atoms with Crippen LogP contribution in [-0.4, -0.2) is 33.8 Å². The summed E-state index contributed by atoms with van der Waals surface area (Å²) in [5.41, 5.74) is 3.03. The summed E-state index contributed by atoms with van der Waals surface area (Å²) in [5.74, 6) is 0.940. The van der Waals surface area contributed by atoms with Crippen LogP contribution in [0.3, 0.4) is 0 Å². The number of anilines is 1. The van der Waals surface area contributed by atoms with Crippen LogP contribution in [0, 0.1) is 6.92 Å². The molecule has 4 aromatic rings. The van der Waals surface area contributed by atoms with Crippen molar-refractivity contribution in [3.8, 4) is 0 Å². The fraction of sp³-hybridized carbons (Fsp3) is 0.292. The highest BCUT2D eigenvalue weighted by Gasteiger charge is 2.17. The molecular formula is C24H24ClN5OS. The second-order valence-corrected chi connectivity index (χ2v) is 9.57. The summed E-state index contributed by atoms with van der Waals surface area (Å²) in [7, 11) is 0. The molecule has 6 nitrogen and oxygen atoms in total. The Kier molecular flexibility index (Phi) is 5.85. The summed E-state index contributed by atoms with van der Waals surface area (Å²) in [6, 6.07) is 13.8. The molecule has 1 fully saturated rings. The van der Waals surface area contributed by atoms with Gasteiger partial charge in [0.05, 0.1) is 17.1 Å². The second-order valence-electron chi connectivity index (χ2n) is 8.10. The highest BCUT2D eigenvalue weighted by atomic mass is 35.5. The molecule has 1 aliphatic heterocycles. The van der Waals surface area contributed by atoms with E-state index in [2.05, 4.69) is 20.3 Å². The number of aryl methyl sites for hydroxylation is 1. The summed E-state index contributed by atoms with van der Waals surface area (Å²) in [6.07, 6.45) is 4.31. The Morgan fingerprint density at radius 1 is 1.12 bits per heavy atom. The Labute approximate surface area is 195 Å². The molecule has 0 unspecified atom stereocenters. The van der Waals surface area contributed by atoms with E-state index in [-0.39, 0.29) is 5.91 Å². The van der Waals surface area contributed by atoms with E-state index in [9.17, 15) is 4.79 Å². The number of rotatable bonds is 6. The first-order valence-corrected chi connectivity index (χ1v) is 12.0. The van der Waals surface area contributed by atoms with Crippen LogP contribution in [-0.2, 0) is 13.1 Å². The van der Waals surface area contributed by atoms with Gasteiger partial charge in [0.1, 0.15) is 10.6 Å². The van der Waals surface area contributed by atoms with Crippen molar-refractivity contribution in [1.82, 2.24) is 20.1 Å². The number of hydrogen-bond acceptors (Lipinski definition) is 5. The quantitative estimate of drug-likeness (QED) is 0.433. The first-order chi connectivity index (χ1) is 15.6. The van der Waals surface area contributed by atoms with Crippen LogP contribution in [0.15, 0.2) is 48.7 Å². The number of hydrogen-bond donors (Lipinski definition) is 1. The number of carbonyl (C=O) groups is 1. The number of nitrogens with one attached hydrogen (secondary N) is 1. The van der Waals surface area contributed by atoms with Crippen molar-refractivity contribution in [3.05, 3.63) is 75.4 Å². The zero-order chi connectivity index (χ0) is 22.1. The molecule has 5 rings (SSSR count). The van der Waals surface area contributed by atoms with Gasteiger partial charge in [0.2, 0.25) is 0 Å². The van der Waals surface area contributed by atoms with Crippen LogP contribution in [0.1, 0.15) is 39.3 Å². The Balaban J connectivity index is 1.27. The fourth-order valence-electron chi connectivity index (χ4n) is 4.02. The van der Waals surface area contributed by atoms with Gasteiger partial charge in [-0.15, -0.1) is 11.3 Å². The molecule has 1 amide bonds. The lowest BCUT2D eigenvalue weighted by Crippen LogP contribution is -2.22. The number of benzene rings is 1. The molecule has 1 N–H and O–H groups in total. The molecule has 0 atom stereocenters. The van der Waals surface area contributed by atoms with Gasteiger partial charge in [-0.3, -0.25) is 9.48 Å². The number of halogens is 1. The lowest BCUT2D eigenvalue weighted by Gasteiger charge is -2.16. The standard InChI is InChI=1S/C24H24ClN5OS/c1-16-20-12-21(32-24(20)30(28-16)15-17-4-7-19(25)8-5-17)23(31)27-14-18-6-9-22(26-13-18)29-10-2-3-11-29/h4-9,12-13H,2-3,10-11,14-15H2,1H3,(H,27,31). The molecule has 0 spiro atoms. The molecule has 0 aliphatic carbocycles. The van der Waals surface area contributed by atoms with Gasteiger partial charge >= 0.3 is 0 Å². The van der Waals surface area contributed by atoms with Gasteiger partial charge in [0.25, 0.3) is 5.91 Å². The molecule has 0 radical (unpaired) electrons. The van der Waals surface area contributed by atoms with Crippen molar-refractivity contribution in [1.29, 1.82) is 0 Å². The molecule has 4 heterocycles. The molecular weight excluding hydrogens is 442 g/mol. The number of aromatic nitrogens is 3. The Hall–Kier alpha value is -2.90. The third-order valence-electron chi connectivity index (χ3n) is 5.77. The second kappa shape index (κ2) is 8.92. The summed E-state index contributed by atoms with van der Waals surface area (Å²) < 4.78 is 1.95. The van der Waals surface area contributed by atoms with Gasteiger partial charge in [0, 0.05) is 36.2 Å². The van der Waals surface area contributed by atoms with Gasteiger partial charge in [-0.25, -0.2) is 4.98 Å². The van der Waals surface area contributed by atoms with Gasteiger partial charge < -0.3 is 10.2 Å². The van der Waals surface area contributed by atoms with E-state index in [4.69, 9.17) is 11.6 Å². The topological polar surface area (TPSA) is 63.1 Å². The molecule has 8 heteroatoms. The number of nitrogens with zero attached hydrogens (tertiary/aromatic N) is 4. The zero-order valence-electron chi connectivity index (χ0n) is 17.8. The largest absolute Gasteiger partial charge is 0.357 e. The predicted molar refractivity (Wildman–Crippen MR) is 130 cm³/mol. The number of pyridine rings is 1. The molecule has 32 heavy (non-hydrogen) atoms. The van der Waals surface area contributed by atoms with Crippen molar-refractivity contribution in [2.45, 2.75) is 32.9 Å². The summed E-state index contributed by atoms with van der Waals surface area (Å²) in [6.45, 7) is 5.21. The Morgan fingerprint density at radius 2 is 1.88 bits per heavy atom. The van der Waals surface area contributed by atoms with Crippen molar-refractivity contribution < 1.29 is 4.79 Å². The van der Waals surface area contributed by atoms with Crippen molar-refractivity contribution in [2.75, 3.05) is 18.0 Å². The van der Waals surface area contributed by atoms with Crippen LogP contribution >= 0.6 is 22.9 Å². The van der Waals surface area contributed by atoms with E-state index >= 15 is 0 Å². The van der Waals surface area contributed by atoms with Crippen LogP contribution in [0.2, 0.25) is 5.02 Å². The predicted octanol–water partition coefficient (Wildman–Crippen LogP) is 5.03.